The Balaban J connectivity index is 2.01. The molecule has 4 heteroatoms. The number of hydrogen-bond donors (Lipinski definition) is 2. The number of amides is 1. The van der Waals surface area contributed by atoms with Gasteiger partial charge in [-0.3, -0.25) is 4.79 Å². The number of aryl methyl sites for hydroxylation is 1. The Hall–Kier alpha value is -2.33. The molecule has 0 radical (unpaired) electrons. The van der Waals surface area contributed by atoms with Gasteiger partial charge in [0.05, 0.1) is 6.04 Å². The van der Waals surface area contributed by atoms with Crippen LogP contribution in [0.4, 0.5) is 5.69 Å². The van der Waals surface area contributed by atoms with E-state index in [0.717, 1.165) is 5.75 Å². The first kappa shape index (κ1) is 14.1. The molecule has 0 saturated heterocycles. The summed E-state index contributed by atoms with van der Waals surface area (Å²) in [6, 6.07) is 14.5. The number of nitrogens with two attached hydrogens (primary N) is 1. The standard InChI is InChI=1S/C16H18N2O2/c1-11-3-7-14(8-4-11)20-15-9-5-13(6-10-15)18-16(19)12(2)17/h3-10,12H,17H2,1-2H3,(H,18,19). The maximum Gasteiger partial charge on any atom is 0.240 e. The highest BCUT2D eigenvalue weighted by Gasteiger charge is 2.07. The third-order valence-electron chi connectivity index (χ3n) is 2.79. The summed E-state index contributed by atoms with van der Waals surface area (Å²) in [5.41, 5.74) is 7.38. The van der Waals surface area contributed by atoms with Crippen molar-refractivity contribution in [3.05, 3.63) is 54.1 Å². The molecule has 20 heavy (non-hydrogen) atoms. The summed E-state index contributed by atoms with van der Waals surface area (Å²) in [6.45, 7) is 3.67. The van der Waals surface area contributed by atoms with Gasteiger partial charge >= 0.3 is 0 Å². The van der Waals surface area contributed by atoms with Gasteiger partial charge in [0.25, 0.3) is 0 Å². The Labute approximate surface area is 118 Å². The van der Waals surface area contributed by atoms with Crippen LogP contribution in [0.15, 0.2) is 48.5 Å². The monoisotopic (exact) mass is 270 g/mol. The summed E-state index contributed by atoms with van der Waals surface area (Å²) in [7, 11) is 0. The van der Waals surface area contributed by atoms with Gasteiger partial charge in [-0.1, -0.05) is 17.7 Å². The van der Waals surface area contributed by atoms with Gasteiger partial charge in [0.1, 0.15) is 11.5 Å². The van der Waals surface area contributed by atoms with E-state index >= 15 is 0 Å². The maximum atomic E-state index is 11.5. The van der Waals surface area contributed by atoms with Crippen molar-refractivity contribution >= 4 is 11.6 Å². The van der Waals surface area contributed by atoms with Crippen LogP contribution in [0.25, 0.3) is 0 Å². The molecule has 1 amide bonds. The minimum absolute atomic E-state index is 0.211. The summed E-state index contributed by atoms with van der Waals surface area (Å²) < 4.78 is 5.70. The van der Waals surface area contributed by atoms with Gasteiger partial charge in [-0.15, -0.1) is 0 Å². The van der Waals surface area contributed by atoms with E-state index in [-0.39, 0.29) is 5.91 Å². The molecule has 1 atom stereocenters. The second-order valence-corrected chi connectivity index (χ2v) is 4.72. The summed E-state index contributed by atoms with van der Waals surface area (Å²) in [4.78, 5) is 11.5. The molecule has 1 unspecified atom stereocenters. The number of hydrogen-bond acceptors (Lipinski definition) is 3. The molecule has 4 nitrogen and oxygen atoms in total. The predicted octanol–water partition coefficient (Wildman–Crippen LogP) is 3.07. The molecule has 2 aromatic carbocycles. The van der Waals surface area contributed by atoms with Gasteiger partial charge in [0.15, 0.2) is 0 Å². The fourth-order valence-electron chi connectivity index (χ4n) is 1.60. The Bertz CT molecular complexity index is 574. The quantitative estimate of drug-likeness (QED) is 0.897. The third kappa shape index (κ3) is 3.83. The first-order valence-electron chi connectivity index (χ1n) is 6.45. The van der Waals surface area contributed by atoms with E-state index in [1.165, 1.54) is 5.56 Å². The van der Waals surface area contributed by atoms with E-state index in [1.807, 2.05) is 31.2 Å². The second-order valence-electron chi connectivity index (χ2n) is 4.72. The Kier molecular flexibility index (Phi) is 4.38. The van der Waals surface area contributed by atoms with E-state index in [9.17, 15) is 4.79 Å². The number of carbonyl (C=O) groups is 1. The van der Waals surface area contributed by atoms with Crippen LogP contribution < -0.4 is 15.8 Å². The molecule has 0 spiro atoms. The van der Waals surface area contributed by atoms with Gasteiger partial charge in [-0.2, -0.15) is 0 Å². The van der Waals surface area contributed by atoms with Gasteiger partial charge in [-0.05, 0) is 50.2 Å². The lowest BCUT2D eigenvalue weighted by Gasteiger charge is -2.09. The molecule has 0 aliphatic carbocycles. The summed E-state index contributed by atoms with van der Waals surface area (Å²) in [6.07, 6.45) is 0. The maximum absolute atomic E-state index is 11.5. The third-order valence-corrected chi connectivity index (χ3v) is 2.79. The number of rotatable bonds is 4. The molecule has 104 valence electrons. The minimum atomic E-state index is -0.529. The van der Waals surface area contributed by atoms with Crippen LogP contribution in [-0.2, 0) is 4.79 Å². The van der Waals surface area contributed by atoms with Crippen molar-refractivity contribution in [2.24, 2.45) is 5.73 Å². The molecule has 3 N–H and O–H groups in total. The topological polar surface area (TPSA) is 64.3 Å². The van der Waals surface area contributed by atoms with Crippen molar-refractivity contribution < 1.29 is 9.53 Å². The molecule has 2 rings (SSSR count). The number of nitrogens with one attached hydrogen (secondary N) is 1. The minimum Gasteiger partial charge on any atom is -0.457 e. The summed E-state index contributed by atoms with van der Waals surface area (Å²) in [5, 5.41) is 2.72. The first-order valence-corrected chi connectivity index (χ1v) is 6.45. The zero-order valence-electron chi connectivity index (χ0n) is 11.6. The average molecular weight is 270 g/mol. The van der Waals surface area contributed by atoms with Crippen molar-refractivity contribution in [1.82, 2.24) is 0 Å². The van der Waals surface area contributed by atoms with Crippen LogP contribution in [0.1, 0.15) is 12.5 Å². The van der Waals surface area contributed by atoms with E-state index in [4.69, 9.17) is 10.5 Å². The average Bonchev–Trinajstić information content (AvgIpc) is 2.43. The molecule has 2 aromatic rings. The van der Waals surface area contributed by atoms with E-state index in [0.29, 0.717) is 11.4 Å². The van der Waals surface area contributed by atoms with Crippen LogP contribution in [-0.4, -0.2) is 11.9 Å². The molecule has 0 aromatic heterocycles. The van der Waals surface area contributed by atoms with Crippen molar-refractivity contribution in [2.45, 2.75) is 19.9 Å². The molecule has 0 heterocycles. The van der Waals surface area contributed by atoms with Crippen LogP contribution in [0.2, 0.25) is 0 Å². The predicted molar refractivity (Wildman–Crippen MR) is 80.0 cm³/mol. The van der Waals surface area contributed by atoms with Crippen LogP contribution in [0, 0.1) is 6.92 Å². The molecule has 0 bridgehead atoms. The number of benzene rings is 2. The number of carbonyl (C=O) groups excluding carboxylic acids is 1. The zero-order chi connectivity index (χ0) is 14.5. The highest BCUT2D eigenvalue weighted by atomic mass is 16.5. The van der Waals surface area contributed by atoms with E-state index < -0.39 is 6.04 Å². The van der Waals surface area contributed by atoms with E-state index in [1.54, 1.807) is 31.2 Å². The van der Waals surface area contributed by atoms with Crippen molar-refractivity contribution in [3.8, 4) is 11.5 Å². The fourth-order valence-corrected chi connectivity index (χ4v) is 1.60. The molecule has 0 aliphatic rings. The SMILES string of the molecule is Cc1ccc(Oc2ccc(NC(=O)C(C)N)cc2)cc1. The number of ether oxygens (including phenoxy) is 1. The van der Waals surface area contributed by atoms with Gasteiger partial charge in [0, 0.05) is 5.69 Å². The van der Waals surface area contributed by atoms with Crippen molar-refractivity contribution in [1.29, 1.82) is 0 Å². The molecular formula is C16H18N2O2. The smallest absolute Gasteiger partial charge is 0.240 e. The molecule has 0 fully saturated rings. The van der Waals surface area contributed by atoms with E-state index in [2.05, 4.69) is 5.32 Å². The lowest BCUT2D eigenvalue weighted by molar-refractivity contribution is -0.117. The highest BCUT2D eigenvalue weighted by Crippen LogP contribution is 2.23. The van der Waals surface area contributed by atoms with Gasteiger partial charge < -0.3 is 15.8 Å². The lowest BCUT2D eigenvalue weighted by atomic mass is 10.2. The zero-order valence-corrected chi connectivity index (χ0v) is 11.6. The Morgan fingerprint density at radius 3 is 2.05 bits per heavy atom. The fraction of sp³-hybridized carbons (Fsp3) is 0.188. The summed E-state index contributed by atoms with van der Waals surface area (Å²) >= 11 is 0. The van der Waals surface area contributed by atoms with Gasteiger partial charge in [-0.25, -0.2) is 0 Å². The number of anilines is 1. The first-order chi connectivity index (χ1) is 9.54. The highest BCUT2D eigenvalue weighted by molar-refractivity contribution is 5.94. The second kappa shape index (κ2) is 6.21. The Morgan fingerprint density at radius 1 is 1.05 bits per heavy atom. The summed E-state index contributed by atoms with van der Waals surface area (Å²) in [5.74, 6) is 1.29. The van der Waals surface area contributed by atoms with Crippen LogP contribution >= 0.6 is 0 Å². The van der Waals surface area contributed by atoms with Crippen LogP contribution in [0.3, 0.4) is 0 Å². The molecule has 0 saturated carbocycles. The van der Waals surface area contributed by atoms with Gasteiger partial charge in [0.2, 0.25) is 5.91 Å². The lowest BCUT2D eigenvalue weighted by Crippen LogP contribution is -2.32. The normalized spacial score (nSPS) is 11.8. The molecule has 0 aliphatic heterocycles. The Morgan fingerprint density at radius 2 is 1.55 bits per heavy atom. The van der Waals surface area contributed by atoms with Crippen LogP contribution in [0.5, 0.6) is 11.5 Å². The van der Waals surface area contributed by atoms with Crippen molar-refractivity contribution in [2.75, 3.05) is 5.32 Å². The van der Waals surface area contributed by atoms with Crippen molar-refractivity contribution in [3.63, 3.8) is 0 Å². The molecular weight excluding hydrogens is 252 g/mol. The largest absolute Gasteiger partial charge is 0.457 e.